The molecule has 1 aliphatic carbocycles. The quantitative estimate of drug-likeness (QED) is 0.481. The number of benzene rings is 2. The smallest absolute Gasteiger partial charge is 0.252 e. The van der Waals surface area contributed by atoms with Crippen LogP contribution in [0.15, 0.2) is 42.5 Å². The fourth-order valence-electron chi connectivity index (χ4n) is 4.22. The van der Waals surface area contributed by atoms with Crippen LogP contribution >= 0.6 is 11.6 Å². The van der Waals surface area contributed by atoms with Gasteiger partial charge < -0.3 is 21.3 Å². The third-order valence-electron chi connectivity index (χ3n) is 6.01. The molecule has 1 aromatic heterocycles. The number of aromatic nitrogens is 2. The number of carbonyl (C=O) groups excluding carboxylic acids is 1. The second-order valence-corrected chi connectivity index (χ2v) is 8.94. The number of anilines is 3. The zero-order valence-corrected chi connectivity index (χ0v) is 19.2. The Morgan fingerprint density at radius 1 is 1.09 bits per heavy atom. The standard InChI is InChI=1S/C24H29ClN6O/c1-31(2)22-17-6-3-4-9-20(17)29-24(30-22)28-16-12-10-15(11-13-16)14-27-23(32)18-7-5-8-19(26)21(18)25/h3-9,15-16H,10-14,26H2,1-2H3,(H,27,32)(H,28,29,30). The molecule has 32 heavy (non-hydrogen) atoms. The summed E-state index contributed by atoms with van der Waals surface area (Å²) in [5.41, 5.74) is 7.58. The van der Waals surface area contributed by atoms with E-state index in [1.54, 1.807) is 18.2 Å². The van der Waals surface area contributed by atoms with Crippen molar-refractivity contribution < 1.29 is 4.79 Å². The molecule has 0 unspecified atom stereocenters. The van der Waals surface area contributed by atoms with E-state index in [1.807, 2.05) is 43.3 Å². The van der Waals surface area contributed by atoms with Crippen LogP contribution in [0.3, 0.4) is 0 Å². The molecule has 2 aromatic carbocycles. The SMILES string of the molecule is CN(C)c1nc(NC2CCC(CNC(=O)c3cccc(N)c3Cl)CC2)nc2ccccc12. The molecule has 3 aromatic rings. The van der Waals surface area contributed by atoms with Crippen LogP contribution in [0, 0.1) is 5.92 Å². The van der Waals surface area contributed by atoms with Crippen LogP contribution in [-0.4, -0.2) is 42.6 Å². The van der Waals surface area contributed by atoms with Gasteiger partial charge in [0.15, 0.2) is 0 Å². The third kappa shape index (κ3) is 4.88. The number of amides is 1. The number of para-hydroxylation sites is 1. The maximum absolute atomic E-state index is 12.5. The number of rotatable bonds is 6. The van der Waals surface area contributed by atoms with E-state index in [1.165, 1.54) is 0 Å². The van der Waals surface area contributed by atoms with Crippen LogP contribution in [0.4, 0.5) is 17.5 Å². The van der Waals surface area contributed by atoms with Gasteiger partial charge in [0.25, 0.3) is 5.91 Å². The molecule has 1 aliphatic rings. The summed E-state index contributed by atoms with van der Waals surface area (Å²) in [5.74, 6) is 1.84. The van der Waals surface area contributed by atoms with Gasteiger partial charge in [0, 0.05) is 32.1 Å². The molecule has 168 valence electrons. The number of fused-ring (bicyclic) bond motifs is 1. The molecule has 1 saturated carbocycles. The molecule has 4 N–H and O–H groups in total. The number of nitrogen functional groups attached to an aromatic ring is 1. The van der Waals surface area contributed by atoms with Crippen molar-refractivity contribution in [2.24, 2.45) is 5.92 Å². The Morgan fingerprint density at radius 2 is 1.84 bits per heavy atom. The van der Waals surface area contributed by atoms with Crippen LogP contribution in [-0.2, 0) is 0 Å². The molecule has 0 radical (unpaired) electrons. The van der Waals surface area contributed by atoms with Crippen LogP contribution in [0.5, 0.6) is 0 Å². The van der Waals surface area contributed by atoms with Gasteiger partial charge in [-0.15, -0.1) is 0 Å². The lowest BCUT2D eigenvalue weighted by Crippen LogP contribution is -2.34. The predicted molar refractivity (Wildman–Crippen MR) is 131 cm³/mol. The predicted octanol–water partition coefficient (Wildman–Crippen LogP) is 4.33. The molecule has 1 fully saturated rings. The number of nitrogens with two attached hydrogens (primary N) is 1. The summed E-state index contributed by atoms with van der Waals surface area (Å²) in [6, 6.07) is 13.5. The van der Waals surface area contributed by atoms with Crippen LogP contribution in [0.25, 0.3) is 10.9 Å². The summed E-state index contributed by atoms with van der Waals surface area (Å²) in [6.45, 7) is 0.633. The van der Waals surface area contributed by atoms with Gasteiger partial charge in [0.05, 0.1) is 21.8 Å². The molecule has 0 aliphatic heterocycles. The van der Waals surface area contributed by atoms with Gasteiger partial charge in [-0.2, -0.15) is 4.98 Å². The number of carbonyl (C=O) groups is 1. The largest absolute Gasteiger partial charge is 0.398 e. The van der Waals surface area contributed by atoms with Crippen molar-refractivity contribution in [3.05, 3.63) is 53.1 Å². The zero-order valence-electron chi connectivity index (χ0n) is 18.4. The van der Waals surface area contributed by atoms with Crippen molar-refractivity contribution in [3.63, 3.8) is 0 Å². The Labute approximate surface area is 193 Å². The van der Waals surface area contributed by atoms with Gasteiger partial charge >= 0.3 is 0 Å². The highest BCUT2D eigenvalue weighted by molar-refractivity contribution is 6.36. The maximum atomic E-state index is 12.5. The van der Waals surface area contributed by atoms with Crippen molar-refractivity contribution in [1.29, 1.82) is 0 Å². The maximum Gasteiger partial charge on any atom is 0.252 e. The average Bonchev–Trinajstić information content (AvgIpc) is 2.79. The van der Waals surface area contributed by atoms with Gasteiger partial charge in [-0.3, -0.25) is 4.79 Å². The number of hydrogen-bond donors (Lipinski definition) is 3. The zero-order chi connectivity index (χ0) is 22.7. The van der Waals surface area contributed by atoms with E-state index in [4.69, 9.17) is 27.3 Å². The van der Waals surface area contributed by atoms with Gasteiger partial charge in [-0.05, 0) is 55.9 Å². The van der Waals surface area contributed by atoms with E-state index in [9.17, 15) is 4.79 Å². The number of nitrogens with zero attached hydrogens (tertiary/aromatic N) is 3. The van der Waals surface area contributed by atoms with E-state index in [0.717, 1.165) is 42.4 Å². The first kappa shape index (κ1) is 22.1. The van der Waals surface area contributed by atoms with Crippen molar-refractivity contribution >= 4 is 45.9 Å². The third-order valence-corrected chi connectivity index (χ3v) is 6.43. The summed E-state index contributed by atoms with van der Waals surface area (Å²) in [6.07, 6.45) is 4.06. The Balaban J connectivity index is 1.32. The molecule has 7 nitrogen and oxygen atoms in total. The molecule has 1 heterocycles. The molecule has 4 rings (SSSR count). The van der Waals surface area contributed by atoms with E-state index >= 15 is 0 Å². The highest BCUT2D eigenvalue weighted by Crippen LogP contribution is 2.28. The topological polar surface area (TPSA) is 96.2 Å². The second-order valence-electron chi connectivity index (χ2n) is 8.56. The first-order chi connectivity index (χ1) is 15.4. The number of halogens is 1. The number of nitrogens with one attached hydrogen (secondary N) is 2. The fourth-order valence-corrected chi connectivity index (χ4v) is 4.43. The fraction of sp³-hybridized carbons (Fsp3) is 0.375. The highest BCUT2D eigenvalue weighted by atomic mass is 35.5. The summed E-state index contributed by atoms with van der Waals surface area (Å²) in [7, 11) is 3.99. The lowest BCUT2D eigenvalue weighted by atomic mass is 9.86. The van der Waals surface area contributed by atoms with E-state index in [0.29, 0.717) is 40.7 Å². The normalized spacial score (nSPS) is 18.3. The molecule has 0 saturated heterocycles. The minimum atomic E-state index is -0.177. The average molecular weight is 453 g/mol. The minimum Gasteiger partial charge on any atom is -0.398 e. The number of hydrogen-bond acceptors (Lipinski definition) is 6. The summed E-state index contributed by atoms with van der Waals surface area (Å²) >= 11 is 6.16. The minimum absolute atomic E-state index is 0.177. The second kappa shape index (κ2) is 9.61. The highest BCUT2D eigenvalue weighted by Gasteiger charge is 2.23. The van der Waals surface area contributed by atoms with Gasteiger partial charge in [-0.1, -0.05) is 29.8 Å². The van der Waals surface area contributed by atoms with Crippen molar-refractivity contribution in [3.8, 4) is 0 Å². The molecule has 1 amide bonds. The van der Waals surface area contributed by atoms with E-state index < -0.39 is 0 Å². The van der Waals surface area contributed by atoms with Gasteiger partial charge in [0.2, 0.25) is 5.95 Å². The lowest BCUT2D eigenvalue weighted by molar-refractivity contribution is 0.0943. The van der Waals surface area contributed by atoms with E-state index in [-0.39, 0.29) is 5.91 Å². The van der Waals surface area contributed by atoms with Gasteiger partial charge in [0.1, 0.15) is 5.82 Å². The molecule has 8 heteroatoms. The van der Waals surface area contributed by atoms with Crippen LogP contribution in [0.1, 0.15) is 36.0 Å². The van der Waals surface area contributed by atoms with Crippen LogP contribution < -0.4 is 21.3 Å². The molecular formula is C24H29ClN6O. The molecule has 0 spiro atoms. The van der Waals surface area contributed by atoms with Crippen molar-refractivity contribution in [2.75, 3.05) is 36.6 Å². The Hall–Kier alpha value is -3.06. The first-order valence-electron chi connectivity index (χ1n) is 10.9. The lowest BCUT2D eigenvalue weighted by Gasteiger charge is -2.29. The molecule has 0 bridgehead atoms. The first-order valence-corrected chi connectivity index (χ1v) is 11.3. The molecule has 0 atom stereocenters. The van der Waals surface area contributed by atoms with Gasteiger partial charge in [-0.25, -0.2) is 4.98 Å². The van der Waals surface area contributed by atoms with Crippen molar-refractivity contribution in [1.82, 2.24) is 15.3 Å². The monoisotopic (exact) mass is 452 g/mol. The summed E-state index contributed by atoms with van der Waals surface area (Å²) < 4.78 is 0. The molecular weight excluding hydrogens is 424 g/mol. The van der Waals surface area contributed by atoms with Crippen LogP contribution in [0.2, 0.25) is 5.02 Å². The Bertz CT molecular complexity index is 1110. The Morgan fingerprint density at radius 3 is 2.59 bits per heavy atom. The summed E-state index contributed by atoms with van der Waals surface area (Å²) in [5, 5.41) is 7.89. The van der Waals surface area contributed by atoms with Crippen molar-refractivity contribution in [2.45, 2.75) is 31.7 Å². The van der Waals surface area contributed by atoms with E-state index in [2.05, 4.69) is 10.6 Å². The Kier molecular flexibility index (Phi) is 6.65. The summed E-state index contributed by atoms with van der Waals surface area (Å²) in [4.78, 5) is 23.9.